The van der Waals surface area contributed by atoms with E-state index in [1.54, 1.807) is 11.7 Å². The van der Waals surface area contributed by atoms with E-state index in [-0.39, 0.29) is 18.7 Å². The second kappa shape index (κ2) is 7.99. The smallest absolute Gasteiger partial charge is 0.332 e. The maximum absolute atomic E-state index is 13.4. The van der Waals surface area contributed by atoms with Crippen molar-refractivity contribution >= 4 is 11.2 Å². The lowest BCUT2D eigenvalue weighted by Gasteiger charge is -2.12. The standard InChI is InChI=1S/C22H26N6O3/c1-14-7-6-8-17(11-14)13-27-18-19(23-21(27)28-16(3)12-15(2)24-28)25(4)22(30)26(20(18)29)9-10-31-5/h6-8,11-12H,9-10,13H2,1-5H3. The number of fused-ring (bicyclic) bond motifs is 1. The van der Waals surface area contributed by atoms with Crippen LogP contribution in [0, 0.1) is 20.8 Å². The zero-order valence-electron chi connectivity index (χ0n) is 18.4. The first kappa shape index (κ1) is 20.8. The van der Waals surface area contributed by atoms with Gasteiger partial charge in [-0.2, -0.15) is 10.1 Å². The maximum atomic E-state index is 13.4. The van der Waals surface area contributed by atoms with Crippen molar-refractivity contribution in [3.63, 3.8) is 0 Å². The SMILES string of the molecule is COCCn1c(=O)c2c(nc(-n3nc(C)cc3C)n2Cc2cccc(C)c2)n(C)c1=O. The van der Waals surface area contributed by atoms with Gasteiger partial charge in [-0.25, -0.2) is 9.48 Å². The highest BCUT2D eigenvalue weighted by Crippen LogP contribution is 2.19. The molecule has 0 amide bonds. The Morgan fingerprint density at radius 1 is 1.06 bits per heavy atom. The third-order valence-electron chi connectivity index (χ3n) is 5.35. The zero-order chi connectivity index (χ0) is 22.3. The summed E-state index contributed by atoms with van der Waals surface area (Å²) in [6.45, 7) is 6.72. The first-order valence-corrected chi connectivity index (χ1v) is 10.1. The van der Waals surface area contributed by atoms with Crippen LogP contribution >= 0.6 is 0 Å². The van der Waals surface area contributed by atoms with Gasteiger partial charge in [0.25, 0.3) is 5.56 Å². The van der Waals surface area contributed by atoms with Gasteiger partial charge in [0.15, 0.2) is 11.2 Å². The molecule has 9 heteroatoms. The molecular formula is C22H26N6O3. The first-order chi connectivity index (χ1) is 14.8. The molecule has 31 heavy (non-hydrogen) atoms. The minimum absolute atomic E-state index is 0.169. The number of methoxy groups -OCH3 is 1. The van der Waals surface area contributed by atoms with Crippen LogP contribution in [-0.4, -0.2) is 42.2 Å². The van der Waals surface area contributed by atoms with E-state index in [2.05, 4.69) is 11.2 Å². The average Bonchev–Trinajstić information content (AvgIpc) is 3.25. The van der Waals surface area contributed by atoms with Crippen LogP contribution in [0.3, 0.4) is 0 Å². The number of benzene rings is 1. The van der Waals surface area contributed by atoms with Crippen LogP contribution in [-0.2, 0) is 24.9 Å². The minimum atomic E-state index is -0.422. The monoisotopic (exact) mass is 422 g/mol. The van der Waals surface area contributed by atoms with Gasteiger partial charge >= 0.3 is 5.69 Å². The highest BCUT2D eigenvalue weighted by molar-refractivity contribution is 5.73. The Morgan fingerprint density at radius 3 is 2.48 bits per heavy atom. The van der Waals surface area contributed by atoms with Crippen molar-refractivity contribution in [1.82, 2.24) is 28.5 Å². The second-order valence-electron chi connectivity index (χ2n) is 7.79. The Bertz CT molecular complexity index is 1390. The van der Waals surface area contributed by atoms with Gasteiger partial charge in [0.1, 0.15) is 0 Å². The summed E-state index contributed by atoms with van der Waals surface area (Å²) in [5.74, 6) is 0.499. The van der Waals surface area contributed by atoms with E-state index in [4.69, 9.17) is 9.72 Å². The number of hydrogen-bond acceptors (Lipinski definition) is 5. The number of imidazole rings is 1. The fourth-order valence-electron chi connectivity index (χ4n) is 3.88. The largest absolute Gasteiger partial charge is 0.383 e. The van der Waals surface area contributed by atoms with Crippen LogP contribution in [0.5, 0.6) is 0 Å². The van der Waals surface area contributed by atoms with Crippen molar-refractivity contribution in [3.8, 4) is 5.95 Å². The Hall–Kier alpha value is -3.46. The molecule has 4 rings (SSSR count). The number of hydrogen-bond donors (Lipinski definition) is 0. The summed E-state index contributed by atoms with van der Waals surface area (Å²) in [5.41, 5.74) is 3.78. The molecule has 3 aromatic heterocycles. The predicted octanol–water partition coefficient (Wildman–Crippen LogP) is 1.70. The number of aromatic nitrogens is 6. The van der Waals surface area contributed by atoms with E-state index in [9.17, 15) is 9.59 Å². The molecule has 162 valence electrons. The Morgan fingerprint density at radius 2 is 1.84 bits per heavy atom. The predicted molar refractivity (Wildman–Crippen MR) is 118 cm³/mol. The van der Waals surface area contributed by atoms with Crippen molar-refractivity contribution in [1.29, 1.82) is 0 Å². The normalized spacial score (nSPS) is 11.5. The van der Waals surface area contributed by atoms with Gasteiger partial charge < -0.3 is 4.74 Å². The zero-order valence-corrected chi connectivity index (χ0v) is 18.4. The van der Waals surface area contributed by atoms with Gasteiger partial charge in [-0.15, -0.1) is 0 Å². The quantitative estimate of drug-likeness (QED) is 0.472. The van der Waals surface area contributed by atoms with Crippen LogP contribution in [0.25, 0.3) is 17.1 Å². The molecule has 0 radical (unpaired) electrons. The molecule has 0 atom stereocenters. The van der Waals surface area contributed by atoms with Crippen molar-refractivity contribution in [2.45, 2.75) is 33.9 Å². The van der Waals surface area contributed by atoms with E-state index in [1.807, 2.05) is 49.6 Å². The third-order valence-corrected chi connectivity index (χ3v) is 5.35. The molecule has 4 aromatic rings. The molecule has 0 N–H and O–H groups in total. The maximum Gasteiger partial charge on any atom is 0.332 e. The molecule has 0 aliphatic carbocycles. The molecule has 1 aromatic carbocycles. The molecule has 3 heterocycles. The first-order valence-electron chi connectivity index (χ1n) is 10.1. The summed E-state index contributed by atoms with van der Waals surface area (Å²) in [7, 11) is 3.17. The number of nitrogens with zero attached hydrogens (tertiary/aromatic N) is 6. The van der Waals surface area contributed by atoms with Crippen molar-refractivity contribution in [2.75, 3.05) is 13.7 Å². The molecular weight excluding hydrogens is 396 g/mol. The van der Waals surface area contributed by atoms with E-state index in [0.717, 1.165) is 22.5 Å². The third kappa shape index (κ3) is 3.61. The summed E-state index contributed by atoms with van der Waals surface area (Å²) >= 11 is 0. The molecule has 0 saturated carbocycles. The van der Waals surface area contributed by atoms with Crippen molar-refractivity contribution in [2.24, 2.45) is 7.05 Å². The highest BCUT2D eigenvalue weighted by atomic mass is 16.5. The number of aryl methyl sites for hydroxylation is 4. The molecule has 9 nitrogen and oxygen atoms in total. The molecule has 0 saturated heterocycles. The Balaban J connectivity index is 2.05. The van der Waals surface area contributed by atoms with Crippen molar-refractivity contribution < 1.29 is 4.74 Å². The van der Waals surface area contributed by atoms with E-state index < -0.39 is 5.69 Å². The minimum Gasteiger partial charge on any atom is -0.383 e. The lowest BCUT2D eigenvalue weighted by Crippen LogP contribution is -2.40. The topological polar surface area (TPSA) is 88.9 Å². The molecule has 0 fully saturated rings. The molecule has 0 bridgehead atoms. The van der Waals surface area contributed by atoms with Crippen LogP contribution in [0.2, 0.25) is 0 Å². The second-order valence-corrected chi connectivity index (χ2v) is 7.79. The van der Waals surface area contributed by atoms with Gasteiger partial charge in [0, 0.05) is 19.9 Å². The number of rotatable bonds is 6. The van der Waals surface area contributed by atoms with Gasteiger partial charge in [-0.3, -0.25) is 18.5 Å². The lowest BCUT2D eigenvalue weighted by atomic mass is 10.1. The van der Waals surface area contributed by atoms with Gasteiger partial charge in [0.2, 0.25) is 5.95 Å². The average molecular weight is 422 g/mol. The van der Waals surface area contributed by atoms with Gasteiger partial charge in [-0.05, 0) is 32.4 Å². The van der Waals surface area contributed by atoms with Crippen molar-refractivity contribution in [3.05, 3.63) is 73.7 Å². The fraction of sp³-hybridized carbons (Fsp3) is 0.364. The fourth-order valence-corrected chi connectivity index (χ4v) is 3.88. The highest BCUT2D eigenvalue weighted by Gasteiger charge is 2.22. The molecule has 0 spiro atoms. The van der Waals surface area contributed by atoms with E-state index in [1.165, 1.54) is 16.2 Å². The summed E-state index contributed by atoms with van der Waals surface area (Å²) in [6.07, 6.45) is 0. The summed E-state index contributed by atoms with van der Waals surface area (Å²) in [5, 5.41) is 4.57. The Labute approximate surface area is 179 Å². The van der Waals surface area contributed by atoms with Crippen LogP contribution in [0.1, 0.15) is 22.5 Å². The Kier molecular flexibility index (Phi) is 5.36. The summed E-state index contributed by atoms with van der Waals surface area (Å²) in [6, 6.07) is 10.0. The molecule has 0 aliphatic rings. The van der Waals surface area contributed by atoms with E-state index >= 15 is 0 Å². The van der Waals surface area contributed by atoms with Crippen LogP contribution in [0.4, 0.5) is 0 Å². The van der Waals surface area contributed by atoms with Gasteiger partial charge in [0.05, 0.1) is 25.4 Å². The molecule has 0 aliphatic heterocycles. The lowest BCUT2D eigenvalue weighted by molar-refractivity contribution is 0.184. The van der Waals surface area contributed by atoms with Crippen LogP contribution < -0.4 is 11.2 Å². The molecule has 0 unspecified atom stereocenters. The number of ether oxygens (including phenoxy) is 1. The van der Waals surface area contributed by atoms with Gasteiger partial charge in [-0.1, -0.05) is 29.8 Å². The van der Waals surface area contributed by atoms with Crippen LogP contribution in [0.15, 0.2) is 39.9 Å². The summed E-state index contributed by atoms with van der Waals surface area (Å²) in [4.78, 5) is 31.0. The summed E-state index contributed by atoms with van der Waals surface area (Å²) < 4.78 is 11.3. The van der Waals surface area contributed by atoms with E-state index in [0.29, 0.717) is 23.7 Å².